The zero-order valence-electron chi connectivity index (χ0n) is 12.0. The number of nitrogens with two attached hydrogens (primary N) is 1. The molecule has 3 N–H and O–H groups in total. The maximum absolute atomic E-state index is 11.8. The van der Waals surface area contributed by atoms with Crippen molar-refractivity contribution in [3.05, 3.63) is 28.2 Å². The van der Waals surface area contributed by atoms with Gasteiger partial charge in [0, 0.05) is 30.7 Å². The minimum absolute atomic E-state index is 0.0281. The van der Waals surface area contributed by atoms with Gasteiger partial charge in [0.2, 0.25) is 5.91 Å². The van der Waals surface area contributed by atoms with E-state index in [1.54, 1.807) is 7.05 Å². The summed E-state index contributed by atoms with van der Waals surface area (Å²) in [6.07, 6.45) is 2.01. The average molecular weight is 340 g/mol. The Kier molecular flexibility index (Phi) is 5.05. The van der Waals surface area contributed by atoms with E-state index in [4.69, 9.17) is 5.73 Å². The maximum atomic E-state index is 11.8. The van der Waals surface area contributed by atoms with Gasteiger partial charge in [-0.1, -0.05) is 6.07 Å². The van der Waals surface area contributed by atoms with Crippen molar-refractivity contribution in [2.75, 3.05) is 25.0 Å². The van der Waals surface area contributed by atoms with E-state index in [-0.39, 0.29) is 17.9 Å². The number of halogens is 1. The summed E-state index contributed by atoms with van der Waals surface area (Å²) in [7, 11) is 1.70. The predicted octanol–water partition coefficient (Wildman–Crippen LogP) is 2.43. The number of anilines is 1. The Morgan fingerprint density at radius 2 is 2.30 bits per heavy atom. The Labute approximate surface area is 128 Å². The van der Waals surface area contributed by atoms with Gasteiger partial charge in [-0.3, -0.25) is 4.79 Å². The van der Waals surface area contributed by atoms with Crippen molar-refractivity contribution < 1.29 is 4.79 Å². The molecule has 1 aliphatic heterocycles. The molecule has 0 aliphatic carbocycles. The van der Waals surface area contributed by atoms with Crippen LogP contribution in [-0.2, 0) is 4.79 Å². The average Bonchev–Trinajstić information content (AvgIpc) is 2.46. The fourth-order valence-corrected chi connectivity index (χ4v) is 3.32. The van der Waals surface area contributed by atoms with Crippen LogP contribution >= 0.6 is 15.9 Å². The van der Waals surface area contributed by atoms with Crippen LogP contribution in [0.15, 0.2) is 22.7 Å². The molecule has 0 spiro atoms. The first-order valence-corrected chi connectivity index (χ1v) is 7.83. The lowest BCUT2D eigenvalue weighted by atomic mass is 9.96. The molecule has 1 saturated heterocycles. The fourth-order valence-electron chi connectivity index (χ4n) is 2.68. The van der Waals surface area contributed by atoms with E-state index < -0.39 is 0 Å². The largest absolute Gasteiger partial charge is 0.370 e. The molecule has 20 heavy (non-hydrogen) atoms. The number of nitrogens with one attached hydrogen (secondary N) is 1. The summed E-state index contributed by atoms with van der Waals surface area (Å²) in [6.45, 7) is 3.74. The molecule has 2 atom stereocenters. The first-order chi connectivity index (χ1) is 9.52. The Morgan fingerprint density at radius 3 is 2.90 bits per heavy atom. The van der Waals surface area contributed by atoms with E-state index in [2.05, 4.69) is 44.3 Å². The van der Waals surface area contributed by atoms with Crippen LogP contribution in [0.25, 0.3) is 0 Å². The van der Waals surface area contributed by atoms with Crippen LogP contribution in [0.1, 0.15) is 31.4 Å². The van der Waals surface area contributed by atoms with E-state index in [0.29, 0.717) is 0 Å². The quantitative estimate of drug-likeness (QED) is 0.889. The Balaban J connectivity index is 2.17. The van der Waals surface area contributed by atoms with Crippen LogP contribution < -0.4 is 16.0 Å². The van der Waals surface area contributed by atoms with Crippen LogP contribution in [0.3, 0.4) is 0 Å². The molecule has 0 radical (unpaired) electrons. The van der Waals surface area contributed by atoms with Crippen molar-refractivity contribution in [1.82, 2.24) is 5.32 Å². The molecule has 1 amide bonds. The van der Waals surface area contributed by atoms with Gasteiger partial charge >= 0.3 is 0 Å². The number of amides is 1. The number of hydrogen-bond donors (Lipinski definition) is 2. The Hall–Kier alpha value is -1.07. The molecule has 0 aromatic heterocycles. The standard InChI is InChI=1S/C15H22BrN3O/c1-10(17)11-5-6-14(13(16)8-11)19-7-3-4-12(9-19)15(20)18-2/h5-6,8,10,12H,3-4,7,9,17H2,1-2H3,(H,18,20)/t10-,12?/m0/s1. The van der Waals surface area contributed by atoms with Gasteiger partial charge in [-0.15, -0.1) is 0 Å². The molecule has 0 bridgehead atoms. The monoisotopic (exact) mass is 339 g/mol. The molecule has 1 aromatic carbocycles. The lowest BCUT2D eigenvalue weighted by Gasteiger charge is -2.34. The molecule has 1 aromatic rings. The van der Waals surface area contributed by atoms with Crippen LogP contribution in [0, 0.1) is 5.92 Å². The SMILES string of the molecule is CNC(=O)C1CCCN(c2ccc([C@H](C)N)cc2Br)C1. The summed E-state index contributed by atoms with van der Waals surface area (Å²) in [4.78, 5) is 14.1. The Morgan fingerprint density at radius 1 is 1.55 bits per heavy atom. The van der Waals surface area contributed by atoms with Crippen LogP contribution in [0.2, 0.25) is 0 Å². The molecule has 1 heterocycles. The summed E-state index contributed by atoms with van der Waals surface area (Å²) >= 11 is 3.63. The van der Waals surface area contributed by atoms with Crippen molar-refractivity contribution in [3.63, 3.8) is 0 Å². The summed E-state index contributed by atoms with van der Waals surface area (Å²) < 4.78 is 1.05. The van der Waals surface area contributed by atoms with Gasteiger partial charge < -0.3 is 16.0 Å². The molecule has 1 aliphatic rings. The fraction of sp³-hybridized carbons (Fsp3) is 0.533. The molecule has 1 fully saturated rings. The maximum Gasteiger partial charge on any atom is 0.224 e. The molecule has 4 nitrogen and oxygen atoms in total. The number of nitrogens with zero attached hydrogens (tertiary/aromatic N) is 1. The zero-order valence-corrected chi connectivity index (χ0v) is 13.6. The third-order valence-corrected chi connectivity index (χ3v) is 4.51. The van der Waals surface area contributed by atoms with Gasteiger partial charge in [0.1, 0.15) is 0 Å². The number of benzene rings is 1. The molecule has 1 unspecified atom stereocenters. The molecular formula is C15H22BrN3O. The van der Waals surface area contributed by atoms with Gasteiger partial charge in [0.05, 0.1) is 11.6 Å². The highest BCUT2D eigenvalue weighted by Gasteiger charge is 2.26. The van der Waals surface area contributed by atoms with Gasteiger partial charge in [-0.05, 0) is 53.4 Å². The summed E-state index contributed by atoms with van der Waals surface area (Å²) in [5, 5.41) is 2.75. The van der Waals surface area contributed by atoms with Gasteiger partial charge in [0.25, 0.3) is 0 Å². The number of carbonyl (C=O) groups excluding carboxylic acids is 1. The normalized spacial score (nSPS) is 20.6. The summed E-state index contributed by atoms with van der Waals surface area (Å²) in [5.41, 5.74) is 8.16. The third kappa shape index (κ3) is 3.33. The third-order valence-electron chi connectivity index (χ3n) is 3.88. The van der Waals surface area contributed by atoms with Crippen molar-refractivity contribution in [2.24, 2.45) is 11.7 Å². The summed E-state index contributed by atoms with van der Waals surface area (Å²) in [6, 6.07) is 6.26. The van der Waals surface area contributed by atoms with E-state index in [9.17, 15) is 4.79 Å². The van der Waals surface area contributed by atoms with Crippen molar-refractivity contribution in [3.8, 4) is 0 Å². The van der Waals surface area contributed by atoms with E-state index >= 15 is 0 Å². The van der Waals surface area contributed by atoms with E-state index in [1.807, 2.05) is 6.92 Å². The highest BCUT2D eigenvalue weighted by Crippen LogP contribution is 2.32. The molecular weight excluding hydrogens is 318 g/mol. The lowest BCUT2D eigenvalue weighted by Crippen LogP contribution is -2.42. The number of rotatable bonds is 3. The number of hydrogen-bond acceptors (Lipinski definition) is 3. The van der Waals surface area contributed by atoms with Crippen molar-refractivity contribution >= 4 is 27.5 Å². The topological polar surface area (TPSA) is 58.4 Å². The Bertz CT molecular complexity index is 490. The molecule has 2 rings (SSSR count). The second-order valence-electron chi connectivity index (χ2n) is 5.40. The highest BCUT2D eigenvalue weighted by molar-refractivity contribution is 9.10. The number of piperidine rings is 1. The molecule has 0 saturated carbocycles. The first kappa shape index (κ1) is 15.3. The van der Waals surface area contributed by atoms with E-state index in [0.717, 1.165) is 41.7 Å². The van der Waals surface area contributed by atoms with Crippen molar-refractivity contribution in [2.45, 2.75) is 25.8 Å². The second-order valence-corrected chi connectivity index (χ2v) is 6.25. The van der Waals surface area contributed by atoms with E-state index in [1.165, 1.54) is 0 Å². The van der Waals surface area contributed by atoms with Gasteiger partial charge in [-0.2, -0.15) is 0 Å². The second kappa shape index (κ2) is 6.59. The van der Waals surface area contributed by atoms with Gasteiger partial charge in [0.15, 0.2) is 0 Å². The smallest absolute Gasteiger partial charge is 0.224 e. The van der Waals surface area contributed by atoms with Crippen LogP contribution in [-0.4, -0.2) is 26.0 Å². The van der Waals surface area contributed by atoms with Crippen LogP contribution in [0.5, 0.6) is 0 Å². The lowest BCUT2D eigenvalue weighted by molar-refractivity contribution is -0.124. The highest BCUT2D eigenvalue weighted by atomic mass is 79.9. The zero-order chi connectivity index (χ0) is 14.7. The van der Waals surface area contributed by atoms with Crippen molar-refractivity contribution in [1.29, 1.82) is 0 Å². The minimum atomic E-state index is 0.0281. The predicted molar refractivity (Wildman–Crippen MR) is 85.7 cm³/mol. The van der Waals surface area contributed by atoms with Crippen LogP contribution in [0.4, 0.5) is 5.69 Å². The van der Waals surface area contributed by atoms with Gasteiger partial charge in [-0.25, -0.2) is 0 Å². The first-order valence-electron chi connectivity index (χ1n) is 7.04. The summed E-state index contributed by atoms with van der Waals surface area (Å²) in [5.74, 6) is 0.215. The number of carbonyl (C=O) groups is 1. The minimum Gasteiger partial charge on any atom is -0.370 e. The molecule has 110 valence electrons. The molecule has 5 heteroatoms.